The summed E-state index contributed by atoms with van der Waals surface area (Å²) in [5, 5.41) is 8.87. The molecule has 1 atom stereocenters. The molecule has 1 unspecified atom stereocenters. The van der Waals surface area contributed by atoms with Crippen molar-refractivity contribution in [2.24, 2.45) is 5.73 Å². The van der Waals surface area contributed by atoms with Gasteiger partial charge in [0, 0.05) is 6.61 Å². The molecule has 2 heteroatoms. The smallest absolute Gasteiger partial charge is 0.0437 e. The maximum Gasteiger partial charge on any atom is 0.0437 e. The Hall–Kier alpha value is -0.860. The molecule has 3 N–H and O–H groups in total. The van der Waals surface area contributed by atoms with Crippen molar-refractivity contribution in [1.82, 2.24) is 0 Å². The minimum atomic E-state index is 0.206. The minimum absolute atomic E-state index is 0.206. The molecule has 0 radical (unpaired) electrons. The number of nitrogens with two attached hydrogens (primary N) is 1. The van der Waals surface area contributed by atoms with Crippen LogP contribution >= 0.6 is 0 Å². The van der Waals surface area contributed by atoms with Gasteiger partial charge in [-0.1, -0.05) is 31.2 Å². The minimum Gasteiger partial charge on any atom is -0.396 e. The van der Waals surface area contributed by atoms with Crippen LogP contribution in [0, 0.1) is 0 Å². The average Bonchev–Trinajstić information content (AvgIpc) is 2.26. The summed E-state index contributed by atoms with van der Waals surface area (Å²) in [4.78, 5) is 0. The zero-order chi connectivity index (χ0) is 10.4. The third kappa shape index (κ3) is 2.82. The lowest BCUT2D eigenvalue weighted by Gasteiger charge is -2.13. The van der Waals surface area contributed by atoms with E-state index in [-0.39, 0.29) is 6.61 Å². The van der Waals surface area contributed by atoms with Gasteiger partial charge in [-0.2, -0.15) is 0 Å². The van der Waals surface area contributed by atoms with Crippen molar-refractivity contribution in [3.05, 3.63) is 35.4 Å². The summed E-state index contributed by atoms with van der Waals surface area (Å²) in [7, 11) is 0. The van der Waals surface area contributed by atoms with Gasteiger partial charge >= 0.3 is 0 Å². The summed E-state index contributed by atoms with van der Waals surface area (Å²) in [6.45, 7) is 2.95. The molecule has 0 saturated heterocycles. The van der Waals surface area contributed by atoms with Crippen LogP contribution in [0.3, 0.4) is 0 Å². The standard InChI is InChI=1S/C12H19NO/c1-2-10-3-5-11(6-4-10)12(9-13)7-8-14/h3-6,12,14H,2,7-9,13H2,1H3. The fourth-order valence-corrected chi connectivity index (χ4v) is 1.60. The van der Waals surface area contributed by atoms with Crippen molar-refractivity contribution in [2.75, 3.05) is 13.2 Å². The Morgan fingerprint density at radius 1 is 1.29 bits per heavy atom. The Balaban J connectivity index is 2.73. The van der Waals surface area contributed by atoms with Gasteiger partial charge in [-0.3, -0.25) is 0 Å². The van der Waals surface area contributed by atoms with Crippen molar-refractivity contribution < 1.29 is 5.11 Å². The van der Waals surface area contributed by atoms with Gasteiger partial charge in [0.25, 0.3) is 0 Å². The van der Waals surface area contributed by atoms with E-state index in [0.717, 1.165) is 12.8 Å². The molecule has 0 fully saturated rings. The summed E-state index contributed by atoms with van der Waals surface area (Å²) >= 11 is 0. The SMILES string of the molecule is CCc1ccc(C(CN)CCO)cc1. The molecule has 0 aliphatic rings. The molecular weight excluding hydrogens is 174 g/mol. The maximum atomic E-state index is 8.87. The van der Waals surface area contributed by atoms with E-state index in [2.05, 4.69) is 31.2 Å². The molecule has 0 aromatic heterocycles. The molecule has 0 bridgehead atoms. The predicted molar refractivity (Wildman–Crippen MR) is 59.3 cm³/mol. The van der Waals surface area contributed by atoms with Gasteiger partial charge < -0.3 is 10.8 Å². The highest BCUT2D eigenvalue weighted by atomic mass is 16.3. The number of hydrogen-bond acceptors (Lipinski definition) is 2. The fourth-order valence-electron chi connectivity index (χ4n) is 1.60. The zero-order valence-electron chi connectivity index (χ0n) is 8.74. The van der Waals surface area contributed by atoms with Crippen LogP contribution in [0.4, 0.5) is 0 Å². The quantitative estimate of drug-likeness (QED) is 0.747. The maximum absolute atomic E-state index is 8.87. The molecule has 0 heterocycles. The molecular formula is C12H19NO. The topological polar surface area (TPSA) is 46.2 Å². The number of aliphatic hydroxyl groups is 1. The third-order valence-corrected chi connectivity index (χ3v) is 2.62. The van der Waals surface area contributed by atoms with Crippen LogP contribution in [0.1, 0.15) is 30.4 Å². The van der Waals surface area contributed by atoms with E-state index in [9.17, 15) is 0 Å². The van der Waals surface area contributed by atoms with Crippen molar-refractivity contribution >= 4 is 0 Å². The fraction of sp³-hybridized carbons (Fsp3) is 0.500. The highest BCUT2D eigenvalue weighted by Gasteiger charge is 2.08. The van der Waals surface area contributed by atoms with Crippen LogP contribution in [-0.4, -0.2) is 18.3 Å². The van der Waals surface area contributed by atoms with E-state index < -0.39 is 0 Å². The molecule has 2 nitrogen and oxygen atoms in total. The molecule has 1 aromatic rings. The van der Waals surface area contributed by atoms with Crippen LogP contribution in [-0.2, 0) is 6.42 Å². The van der Waals surface area contributed by atoms with E-state index in [1.165, 1.54) is 11.1 Å². The number of benzene rings is 1. The molecule has 14 heavy (non-hydrogen) atoms. The zero-order valence-corrected chi connectivity index (χ0v) is 8.74. The lowest BCUT2D eigenvalue weighted by molar-refractivity contribution is 0.276. The lowest BCUT2D eigenvalue weighted by atomic mass is 9.95. The number of aryl methyl sites for hydroxylation is 1. The van der Waals surface area contributed by atoms with Gasteiger partial charge in [-0.15, -0.1) is 0 Å². The molecule has 0 aliphatic carbocycles. The number of rotatable bonds is 5. The van der Waals surface area contributed by atoms with E-state index in [1.54, 1.807) is 0 Å². The van der Waals surface area contributed by atoms with Crippen LogP contribution in [0.5, 0.6) is 0 Å². The molecule has 0 amide bonds. The Morgan fingerprint density at radius 3 is 2.36 bits per heavy atom. The second kappa shape index (κ2) is 5.78. The molecule has 78 valence electrons. The van der Waals surface area contributed by atoms with Gasteiger partial charge in [-0.25, -0.2) is 0 Å². The van der Waals surface area contributed by atoms with Gasteiger partial charge in [0.05, 0.1) is 0 Å². The van der Waals surface area contributed by atoms with Crippen LogP contribution < -0.4 is 5.73 Å². The van der Waals surface area contributed by atoms with E-state index >= 15 is 0 Å². The molecule has 1 aromatic carbocycles. The Labute approximate surface area is 85.8 Å². The summed E-state index contributed by atoms with van der Waals surface area (Å²) < 4.78 is 0. The summed E-state index contributed by atoms with van der Waals surface area (Å²) in [6, 6.07) is 8.50. The second-order valence-corrected chi connectivity index (χ2v) is 3.54. The van der Waals surface area contributed by atoms with Crippen molar-refractivity contribution in [2.45, 2.75) is 25.7 Å². The van der Waals surface area contributed by atoms with Crippen molar-refractivity contribution in [3.8, 4) is 0 Å². The van der Waals surface area contributed by atoms with E-state index in [4.69, 9.17) is 10.8 Å². The first-order valence-electron chi connectivity index (χ1n) is 5.21. The highest BCUT2D eigenvalue weighted by molar-refractivity contribution is 5.25. The Morgan fingerprint density at radius 2 is 1.93 bits per heavy atom. The molecule has 1 rings (SSSR count). The predicted octanol–water partition coefficient (Wildman–Crippen LogP) is 1.67. The number of aliphatic hydroxyl groups excluding tert-OH is 1. The van der Waals surface area contributed by atoms with Crippen LogP contribution in [0.15, 0.2) is 24.3 Å². The van der Waals surface area contributed by atoms with Gasteiger partial charge in [0.1, 0.15) is 0 Å². The summed E-state index contributed by atoms with van der Waals surface area (Å²) in [5.74, 6) is 0.297. The van der Waals surface area contributed by atoms with E-state index in [1.807, 2.05) is 0 Å². The Kier molecular flexibility index (Phi) is 4.63. The summed E-state index contributed by atoms with van der Waals surface area (Å²) in [6.07, 6.45) is 1.82. The van der Waals surface area contributed by atoms with Gasteiger partial charge in [0.15, 0.2) is 0 Å². The van der Waals surface area contributed by atoms with Crippen molar-refractivity contribution in [3.63, 3.8) is 0 Å². The second-order valence-electron chi connectivity index (χ2n) is 3.54. The largest absolute Gasteiger partial charge is 0.396 e. The molecule has 0 spiro atoms. The Bertz CT molecular complexity index is 256. The van der Waals surface area contributed by atoms with Crippen molar-refractivity contribution in [1.29, 1.82) is 0 Å². The molecule has 0 aliphatic heterocycles. The average molecular weight is 193 g/mol. The van der Waals surface area contributed by atoms with E-state index in [0.29, 0.717) is 12.5 Å². The normalized spacial score (nSPS) is 12.8. The molecule has 0 saturated carbocycles. The highest BCUT2D eigenvalue weighted by Crippen LogP contribution is 2.18. The first-order valence-corrected chi connectivity index (χ1v) is 5.21. The monoisotopic (exact) mass is 193 g/mol. The first kappa shape index (κ1) is 11.2. The number of hydrogen-bond donors (Lipinski definition) is 2. The van der Waals surface area contributed by atoms with Gasteiger partial charge in [0.2, 0.25) is 0 Å². The van der Waals surface area contributed by atoms with Crippen LogP contribution in [0.25, 0.3) is 0 Å². The van der Waals surface area contributed by atoms with Gasteiger partial charge in [-0.05, 0) is 36.4 Å². The first-order chi connectivity index (χ1) is 6.81. The lowest BCUT2D eigenvalue weighted by Crippen LogP contribution is -2.13. The summed E-state index contributed by atoms with van der Waals surface area (Å²) in [5.41, 5.74) is 8.23. The third-order valence-electron chi connectivity index (χ3n) is 2.62. The van der Waals surface area contributed by atoms with Crippen LogP contribution in [0.2, 0.25) is 0 Å².